The predicted octanol–water partition coefficient (Wildman–Crippen LogP) is 2.04. The van der Waals surface area contributed by atoms with Gasteiger partial charge in [0, 0.05) is 32.1 Å². The molecule has 0 unspecified atom stereocenters. The van der Waals surface area contributed by atoms with Crippen molar-refractivity contribution in [2.75, 3.05) is 26.7 Å². The summed E-state index contributed by atoms with van der Waals surface area (Å²) in [5, 5.41) is 6.10. The van der Waals surface area contributed by atoms with Crippen LogP contribution in [0.5, 0.6) is 0 Å². The minimum atomic E-state index is -0.812. The molecule has 6 heteroatoms. The molecule has 2 rings (SSSR count). The van der Waals surface area contributed by atoms with E-state index in [1.54, 1.807) is 6.07 Å². The lowest BCUT2D eigenvalue weighted by molar-refractivity contribution is -0.122. The molecule has 0 aliphatic carbocycles. The van der Waals surface area contributed by atoms with Crippen LogP contribution in [0.25, 0.3) is 0 Å². The molecule has 4 nitrogen and oxygen atoms in total. The van der Waals surface area contributed by atoms with Crippen LogP contribution in [0.1, 0.15) is 31.2 Å². The first kappa shape index (κ1) is 17.8. The highest BCUT2D eigenvalue weighted by Gasteiger charge is 2.20. The van der Waals surface area contributed by atoms with E-state index in [0.29, 0.717) is 13.0 Å². The first-order valence-corrected chi connectivity index (χ1v) is 8.18. The molecule has 1 heterocycles. The maximum Gasteiger partial charge on any atom is 0.220 e. The van der Waals surface area contributed by atoms with E-state index in [1.165, 1.54) is 12.1 Å². The molecule has 0 atom stereocenters. The predicted molar refractivity (Wildman–Crippen MR) is 86.0 cm³/mol. The van der Waals surface area contributed by atoms with Crippen LogP contribution in [0.15, 0.2) is 18.2 Å². The zero-order valence-corrected chi connectivity index (χ0v) is 13.6. The van der Waals surface area contributed by atoms with E-state index in [0.717, 1.165) is 44.5 Å². The number of nitrogens with zero attached hydrogens (tertiary/aromatic N) is 1. The van der Waals surface area contributed by atoms with E-state index < -0.39 is 11.6 Å². The molecule has 1 saturated heterocycles. The SMILES string of the molecule is CNCCCC(=O)NC1CCN(Cc2ccc(F)c(F)c2)CC1. The Morgan fingerprint density at radius 3 is 2.65 bits per heavy atom. The number of carbonyl (C=O) groups excluding carboxylic acids is 1. The minimum absolute atomic E-state index is 0.110. The van der Waals surface area contributed by atoms with Gasteiger partial charge in [-0.05, 0) is 50.6 Å². The van der Waals surface area contributed by atoms with Crippen molar-refractivity contribution in [3.05, 3.63) is 35.4 Å². The first-order chi connectivity index (χ1) is 11.1. The highest BCUT2D eigenvalue weighted by Crippen LogP contribution is 2.16. The standard InChI is InChI=1S/C17H25F2N3O/c1-20-8-2-3-17(23)21-14-6-9-22(10-7-14)12-13-4-5-15(18)16(19)11-13/h4-5,11,14,20H,2-3,6-10,12H2,1H3,(H,21,23). The molecule has 2 N–H and O–H groups in total. The van der Waals surface area contributed by atoms with Crippen LogP contribution in [0, 0.1) is 11.6 Å². The highest BCUT2D eigenvalue weighted by atomic mass is 19.2. The van der Waals surface area contributed by atoms with Crippen molar-refractivity contribution in [3.8, 4) is 0 Å². The minimum Gasteiger partial charge on any atom is -0.353 e. The van der Waals surface area contributed by atoms with Crippen LogP contribution in [0.3, 0.4) is 0 Å². The van der Waals surface area contributed by atoms with Gasteiger partial charge in [-0.25, -0.2) is 8.78 Å². The van der Waals surface area contributed by atoms with Gasteiger partial charge in [-0.1, -0.05) is 6.07 Å². The number of hydrogen-bond donors (Lipinski definition) is 2. The molecular weight excluding hydrogens is 300 g/mol. The van der Waals surface area contributed by atoms with Gasteiger partial charge in [-0.3, -0.25) is 9.69 Å². The fourth-order valence-electron chi connectivity index (χ4n) is 2.86. The van der Waals surface area contributed by atoms with Gasteiger partial charge < -0.3 is 10.6 Å². The zero-order valence-electron chi connectivity index (χ0n) is 13.6. The Hall–Kier alpha value is -1.53. The second kappa shape index (κ2) is 8.93. The maximum absolute atomic E-state index is 13.2. The topological polar surface area (TPSA) is 44.4 Å². The average molecular weight is 325 g/mol. The van der Waals surface area contributed by atoms with Gasteiger partial charge in [0.25, 0.3) is 0 Å². The molecule has 1 aliphatic heterocycles. The smallest absolute Gasteiger partial charge is 0.220 e. The fourth-order valence-corrected chi connectivity index (χ4v) is 2.86. The number of nitrogens with one attached hydrogen (secondary N) is 2. The van der Waals surface area contributed by atoms with Crippen molar-refractivity contribution in [2.45, 2.75) is 38.3 Å². The number of carbonyl (C=O) groups is 1. The molecular formula is C17H25F2N3O. The van der Waals surface area contributed by atoms with Gasteiger partial charge >= 0.3 is 0 Å². The number of amides is 1. The number of piperidine rings is 1. The molecule has 1 amide bonds. The third kappa shape index (κ3) is 5.88. The van der Waals surface area contributed by atoms with Gasteiger partial charge in [0.15, 0.2) is 11.6 Å². The molecule has 1 fully saturated rings. The molecule has 0 radical (unpaired) electrons. The summed E-state index contributed by atoms with van der Waals surface area (Å²) in [4.78, 5) is 14.0. The molecule has 1 aromatic rings. The number of rotatable bonds is 7. The Morgan fingerprint density at radius 1 is 1.26 bits per heavy atom. The largest absolute Gasteiger partial charge is 0.353 e. The summed E-state index contributed by atoms with van der Waals surface area (Å²) in [6.45, 7) is 3.15. The van der Waals surface area contributed by atoms with Crippen LogP contribution in [-0.2, 0) is 11.3 Å². The lowest BCUT2D eigenvalue weighted by atomic mass is 10.0. The first-order valence-electron chi connectivity index (χ1n) is 8.18. The molecule has 0 spiro atoms. The Balaban J connectivity index is 1.71. The van der Waals surface area contributed by atoms with E-state index in [1.807, 2.05) is 7.05 Å². The van der Waals surface area contributed by atoms with E-state index in [9.17, 15) is 13.6 Å². The summed E-state index contributed by atoms with van der Waals surface area (Å²) in [5.41, 5.74) is 0.776. The van der Waals surface area contributed by atoms with E-state index in [2.05, 4.69) is 15.5 Å². The summed E-state index contributed by atoms with van der Waals surface area (Å²) >= 11 is 0. The van der Waals surface area contributed by atoms with Crippen LogP contribution < -0.4 is 10.6 Å². The van der Waals surface area contributed by atoms with Crippen molar-refractivity contribution >= 4 is 5.91 Å². The number of halogens is 2. The summed E-state index contributed by atoms with van der Waals surface area (Å²) in [7, 11) is 1.88. The molecule has 0 bridgehead atoms. The Labute approximate surface area is 136 Å². The van der Waals surface area contributed by atoms with E-state index in [-0.39, 0.29) is 11.9 Å². The third-order valence-electron chi connectivity index (χ3n) is 4.17. The van der Waals surface area contributed by atoms with Crippen molar-refractivity contribution in [2.24, 2.45) is 0 Å². The van der Waals surface area contributed by atoms with Crippen molar-refractivity contribution in [1.29, 1.82) is 0 Å². The molecule has 0 aromatic heterocycles. The second-order valence-electron chi connectivity index (χ2n) is 6.07. The summed E-state index contributed by atoms with van der Waals surface area (Å²) < 4.78 is 26.1. The zero-order chi connectivity index (χ0) is 16.7. The number of hydrogen-bond acceptors (Lipinski definition) is 3. The van der Waals surface area contributed by atoms with Crippen LogP contribution in [0.2, 0.25) is 0 Å². The summed E-state index contributed by atoms with van der Waals surface area (Å²) in [6.07, 6.45) is 3.18. The lowest BCUT2D eigenvalue weighted by Gasteiger charge is -2.32. The van der Waals surface area contributed by atoms with Crippen LogP contribution in [0.4, 0.5) is 8.78 Å². The van der Waals surface area contributed by atoms with Gasteiger partial charge in [-0.15, -0.1) is 0 Å². The molecule has 1 aromatic carbocycles. The molecule has 1 aliphatic rings. The van der Waals surface area contributed by atoms with Gasteiger partial charge in [-0.2, -0.15) is 0 Å². The number of likely N-dealkylation sites (tertiary alicyclic amines) is 1. The van der Waals surface area contributed by atoms with E-state index >= 15 is 0 Å². The fraction of sp³-hybridized carbons (Fsp3) is 0.588. The highest BCUT2D eigenvalue weighted by molar-refractivity contribution is 5.76. The summed E-state index contributed by atoms with van der Waals surface area (Å²) in [6, 6.07) is 4.26. The normalized spacial score (nSPS) is 16.5. The van der Waals surface area contributed by atoms with Gasteiger partial charge in [0.05, 0.1) is 0 Å². The quantitative estimate of drug-likeness (QED) is 0.754. The maximum atomic E-state index is 13.2. The van der Waals surface area contributed by atoms with Gasteiger partial charge in [0.1, 0.15) is 0 Å². The van der Waals surface area contributed by atoms with E-state index in [4.69, 9.17) is 0 Å². The van der Waals surface area contributed by atoms with Crippen molar-refractivity contribution < 1.29 is 13.6 Å². The lowest BCUT2D eigenvalue weighted by Crippen LogP contribution is -2.44. The molecule has 128 valence electrons. The van der Waals surface area contributed by atoms with Crippen LogP contribution >= 0.6 is 0 Å². The second-order valence-corrected chi connectivity index (χ2v) is 6.07. The Morgan fingerprint density at radius 2 is 2.00 bits per heavy atom. The van der Waals surface area contributed by atoms with Crippen LogP contribution in [-0.4, -0.2) is 43.5 Å². The third-order valence-corrected chi connectivity index (χ3v) is 4.17. The Kier molecular flexibility index (Phi) is 6.92. The number of benzene rings is 1. The average Bonchev–Trinajstić information content (AvgIpc) is 2.53. The molecule has 23 heavy (non-hydrogen) atoms. The summed E-state index contributed by atoms with van der Waals surface area (Å²) in [5.74, 6) is -1.50. The van der Waals surface area contributed by atoms with Gasteiger partial charge in [0.2, 0.25) is 5.91 Å². The monoisotopic (exact) mass is 325 g/mol. The van der Waals surface area contributed by atoms with Crippen molar-refractivity contribution in [1.82, 2.24) is 15.5 Å². The van der Waals surface area contributed by atoms with Crippen molar-refractivity contribution in [3.63, 3.8) is 0 Å². The Bertz CT molecular complexity index is 517. The molecule has 0 saturated carbocycles.